The van der Waals surface area contributed by atoms with E-state index in [1.807, 2.05) is 46.6 Å². The molecule has 0 N–H and O–H groups in total. The normalized spacial score (nSPS) is 15.3. The van der Waals surface area contributed by atoms with Crippen LogP contribution in [0.15, 0.2) is 125 Å². The van der Waals surface area contributed by atoms with Crippen molar-refractivity contribution < 1.29 is 0 Å². The van der Waals surface area contributed by atoms with Gasteiger partial charge in [0.2, 0.25) is 0 Å². The van der Waals surface area contributed by atoms with E-state index >= 15 is 0 Å². The molecule has 1 aliphatic heterocycles. The van der Waals surface area contributed by atoms with Crippen molar-refractivity contribution in [2.24, 2.45) is 0 Å². The van der Waals surface area contributed by atoms with Gasteiger partial charge >= 0.3 is 0 Å². The van der Waals surface area contributed by atoms with Crippen molar-refractivity contribution in [3.63, 3.8) is 0 Å². The molecular weight excluding hydrogens is 624 g/mol. The van der Waals surface area contributed by atoms with Crippen molar-refractivity contribution in [1.29, 1.82) is 0 Å². The van der Waals surface area contributed by atoms with Crippen molar-refractivity contribution >= 4 is 98.0 Å². The SMILES string of the molecule is C=C/C=C\C1=C(C)C2(c3ccccc3S1)c1cc(Cl)c3c(sc4ccccc43)c1-c1c2cc(Cl)c2c1sc1ccccc12. The van der Waals surface area contributed by atoms with E-state index in [2.05, 4.69) is 105 Å². The first kappa shape index (κ1) is 26.1. The minimum absolute atomic E-state index is 0.546. The molecule has 0 fully saturated rings. The van der Waals surface area contributed by atoms with Crippen LogP contribution in [0, 0.1) is 0 Å². The number of hydrogen-bond acceptors (Lipinski definition) is 3. The van der Waals surface area contributed by atoms with Gasteiger partial charge in [-0.25, -0.2) is 0 Å². The maximum absolute atomic E-state index is 7.35. The Morgan fingerprint density at radius 2 is 1.23 bits per heavy atom. The van der Waals surface area contributed by atoms with Crippen LogP contribution >= 0.6 is 57.6 Å². The van der Waals surface area contributed by atoms with E-state index in [-0.39, 0.29) is 0 Å². The molecule has 5 heteroatoms. The molecule has 0 radical (unpaired) electrons. The van der Waals surface area contributed by atoms with Crippen molar-refractivity contribution in [2.75, 3.05) is 0 Å². The first-order valence-corrected chi connectivity index (χ1v) is 17.3. The molecule has 2 aliphatic rings. The molecule has 43 heavy (non-hydrogen) atoms. The molecular formula is C38H22Cl2S3. The summed E-state index contributed by atoms with van der Waals surface area (Å²) in [5, 5.41) is 6.29. The highest BCUT2D eigenvalue weighted by Gasteiger charge is 2.52. The van der Waals surface area contributed by atoms with E-state index in [1.165, 1.54) is 72.8 Å². The molecule has 3 heterocycles. The van der Waals surface area contributed by atoms with Gasteiger partial charge in [-0.1, -0.05) is 108 Å². The van der Waals surface area contributed by atoms with Gasteiger partial charge in [0.15, 0.2) is 0 Å². The molecule has 206 valence electrons. The number of thiophene rings is 2. The highest BCUT2D eigenvalue weighted by atomic mass is 35.5. The van der Waals surface area contributed by atoms with Crippen LogP contribution in [-0.4, -0.2) is 0 Å². The molecule has 2 aromatic heterocycles. The predicted octanol–water partition coefficient (Wildman–Crippen LogP) is 13.2. The summed E-state index contributed by atoms with van der Waals surface area (Å²) in [6.07, 6.45) is 6.08. The molecule has 0 atom stereocenters. The number of thioether (sulfide) groups is 1. The fraction of sp³-hybridized carbons (Fsp3) is 0.0526. The lowest BCUT2D eigenvalue weighted by Gasteiger charge is -2.40. The lowest BCUT2D eigenvalue weighted by atomic mass is 9.67. The average Bonchev–Trinajstić information content (AvgIpc) is 3.68. The first-order chi connectivity index (χ1) is 21.0. The molecule has 0 saturated heterocycles. The molecule has 0 nitrogen and oxygen atoms in total. The Morgan fingerprint density at radius 3 is 1.81 bits per heavy atom. The van der Waals surface area contributed by atoms with Gasteiger partial charge in [-0.2, -0.15) is 0 Å². The smallest absolute Gasteiger partial charge is 0.0697 e. The summed E-state index contributed by atoms with van der Waals surface area (Å²) < 4.78 is 4.99. The zero-order valence-corrected chi connectivity index (χ0v) is 27.0. The predicted molar refractivity (Wildman–Crippen MR) is 192 cm³/mol. The second-order valence-corrected chi connectivity index (χ2v) is 15.1. The molecule has 1 spiro atoms. The summed E-state index contributed by atoms with van der Waals surface area (Å²) in [5.74, 6) is 0. The van der Waals surface area contributed by atoms with Crippen molar-refractivity contribution in [2.45, 2.75) is 17.2 Å². The van der Waals surface area contributed by atoms with Gasteiger partial charge in [0, 0.05) is 61.3 Å². The van der Waals surface area contributed by atoms with Crippen LogP contribution < -0.4 is 0 Å². The average molecular weight is 646 g/mol. The van der Waals surface area contributed by atoms with Crippen LogP contribution in [0.2, 0.25) is 10.0 Å². The van der Waals surface area contributed by atoms with Gasteiger partial charge < -0.3 is 0 Å². The second kappa shape index (κ2) is 9.34. The molecule has 0 bridgehead atoms. The molecule has 9 rings (SSSR count). The fourth-order valence-corrected chi connectivity index (χ4v) is 11.8. The second-order valence-electron chi connectivity index (χ2n) is 11.1. The third kappa shape index (κ3) is 3.30. The van der Waals surface area contributed by atoms with Gasteiger partial charge in [0.1, 0.15) is 0 Å². The van der Waals surface area contributed by atoms with E-state index in [0.717, 1.165) is 20.8 Å². The molecule has 0 saturated carbocycles. The summed E-state index contributed by atoms with van der Waals surface area (Å²) in [6.45, 7) is 6.25. The summed E-state index contributed by atoms with van der Waals surface area (Å²) in [4.78, 5) is 2.47. The zero-order chi connectivity index (χ0) is 29.0. The van der Waals surface area contributed by atoms with Crippen molar-refractivity contribution in [1.82, 2.24) is 0 Å². The number of fused-ring (bicyclic) bond motifs is 15. The van der Waals surface area contributed by atoms with Crippen molar-refractivity contribution in [3.05, 3.63) is 147 Å². The van der Waals surface area contributed by atoms with Gasteiger partial charge in [0.25, 0.3) is 0 Å². The Balaban J connectivity index is 1.57. The van der Waals surface area contributed by atoms with Crippen molar-refractivity contribution in [3.8, 4) is 11.1 Å². The molecule has 5 aromatic carbocycles. The lowest BCUT2D eigenvalue weighted by Crippen LogP contribution is -2.32. The molecule has 1 aliphatic carbocycles. The number of hydrogen-bond donors (Lipinski definition) is 0. The van der Waals surface area contributed by atoms with Crippen LogP contribution in [0.25, 0.3) is 51.5 Å². The number of allylic oxidation sites excluding steroid dienone is 4. The lowest BCUT2D eigenvalue weighted by molar-refractivity contribution is 0.723. The minimum Gasteiger partial charge on any atom is -0.134 e. The molecule has 7 aromatic rings. The largest absolute Gasteiger partial charge is 0.134 e. The van der Waals surface area contributed by atoms with Gasteiger partial charge in [0.05, 0.1) is 15.5 Å². The Labute approximate surface area is 271 Å². The first-order valence-electron chi connectivity index (χ1n) is 14.1. The monoisotopic (exact) mass is 644 g/mol. The third-order valence-corrected chi connectivity index (χ3v) is 13.3. The van der Waals surface area contributed by atoms with E-state index in [4.69, 9.17) is 23.2 Å². The Kier molecular flexibility index (Phi) is 5.68. The van der Waals surface area contributed by atoms with Crippen LogP contribution in [0.4, 0.5) is 0 Å². The standard InChI is InChI=1S/C38H22Cl2S3/c1-3-4-14-28-20(2)38(23-13-7-10-17-31(23)41-28)24-18-26(39)32-21-11-5-8-15-29(21)42-36(32)34(24)35-25(38)19-27(40)33-22-12-6-9-16-30(22)43-37(33)35/h3-19H,1H2,2H3/b14-4-. The zero-order valence-electron chi connectivity index (χ0n) is 23.0. The summed E-state index contributed by atoms with van der Waals surface area (Å²) in [5.41, 5.74) is 7.07. The number of rotatable bonds is 2. The van der Waals surface area contributed by atoms with Crippen LogP contribution in [-0.2, 0) is 5.41 Å². The Morgan fingerprint density at radius 1 is 0.698 bits per heavy atom. The van der Waals surface area contributed by atoms with E-state index in [0.29, 0.717) is 0 Å². The van der Waals surface area contributed by atoms with E-state index < -0.39 is 5.41 Å². The minimum atomic E-state index is -0.546. The Hall–Kier alpha value is -3.31. The maximum atomic E-state index is 7.35. The summed E-state index contributed by atoms with van der Waals surface area (Å²) >= 11 is 20.2. The summed E-state index contributed by atoms with van der Waals surface area (Å²) in [7, 11) is 0. The topological polar surface area (TPSA) is 0 Å². The molecule has 0 amide bonds. The van der Waals surface area contributed by atoms with Gasteiger partial charge in [-0.3, -0.25) is 0 Å². The summed E-state index contributed by atoms with van der Waals surface area (Å²) in [6, 6.07) is 30.6. The highest BCUT2D eigenvalue weighted by molar-refractivity contribution is 8.03. The molecule has 0 unspecified atom stereocenters. The van der Waals surface area contributed by atoms with E-state index in [1.54, 1.807) is 0 Å². The van der Waals surface area contributed by atoms with Crippen LogP contribution in [0.3, 0.4) is 0 Å². The van der Waals surface area contributed by atoms with Crippen LogP contribution in [0.1, 0.15) is 23.6 Å². The third-order valence-electron chi connectivity index (χ3n) is 9.09. The van der Waals surface area contributed by atoms with Gasteiger partial charge in [-0.15, -0.1) is 22.7 Å². The Bertz CT molecular complexity index is 2310. The maximum Gasteiger partial charge on any atom is 0.0697 e. The van der Waals surface area contributed by atoms with Gasteiger partial charge in [-0.05, 0) is 65.6 Å². The van der Waals surface area contributed by atoms with E-state index in [9.17, 15) is 0 Å². The fourth-order valence-electron chi connectivity index (χ4n) is 7.39. The number of benzene rings is 5. The van der Waals surface area contributed by atoms with Crippen LogP contribution in [0.5, 0.6) is 0 Å². The highest BCUT2D eigenvalue weighted by Crippen LogP contribution is 2.66. The quantitative estimate of drug-likeness (QED) is 0.169. The number of halogens is 2.